The summed E-state index contributed by atoms with van der Waals surface area (Å²) in [6.07, 6.45) is 3.98. The van der Waals surface area contributed by atoms with Gasteiger partial charge >= 0.3 is 0 Å². The van der Waals surface area contributed by atoms with Gasteiger partial charge in [-0.3, -0.25) is 9.48 Å². The molecule has 0 saturated carbocycles. The summed E-state index contributed by atoms with van der Waals surface area (Å²) in [5.41, 5.74) is 1.56. The Bertz CT molecular complexity index is 433. The predicted octanol–water partition coefficient (Wildman–Crippen LogP) is 2.36. The second-order valence-electron chi connectivity index (χ2n) is 5.11. The van der Waals surface area contributed by atoms with Crippen molar-refractivity contribution in [2.45, 2.75) is 31.5 Å². The van der Waals surface area contributed by atoms with Gasteiger partial charge in [-0.05, 0) is 25.7 Å². The number of likely N-dealkylation sites (tertiary alicyclic amines) is 1. The van der Waals surface area contributed by atoms with E-state index in [4.69, 9.17) is 0 Å². The van der Waals surface area contributed by atoms with Crippen molar-refractivity contribution >= 4 is 21.8 Å². The van der Waals surface area contributed by atoms with Crippen LogP contribution in [0.15, 0.2) is 6.20 Å². The highest BCUT2D eigenvalue weighted by Crippen LogP contribution is 2.26. The average molecular weight is 314 g/mol. The Balaban J connectivity index is 2.02. The number of hydrogen-bond donors (Lipinski definition) is 0. The lowest BCUT2D eigenvalue weighted by Gasteiger charge is -2.33. The third-order valence-corrected chi connectivity index (χ3v) is 4.47. The van der Waals surface area contributed by atoms with Gasteiger partial charge in [-0.15, -0.1) is 0 Å². The summed E-state index contributed by atoms with van der Waals surface area (Å²) >= 11 is 3.64. The maximum Gasteiger partial charge on any atom is 0.257 e. The second-order valence-corrected chi connectivity index (χ2v) is 6.55. The van der Waals surface area contributed by atoms with E-state index < -0.39 is 0 Å². The van der Waals surface area contributed by atoms with Crippen LogP contribution in [0.4, 0.5) is 0 Å². The maximum absolute atomic E-state index is 12.4. The van der Waals surface area contributed by atoms with Crippen LogP contribution in [0.1, 0.15) is 35.8 Å². The average Bonchev–Trinajstić information content (AvgIpc) is 2.67. The van der Waals surface area contributed by atoms with E-state index in [9.17, 15) is 4.79 Å². The molecule has 1 amide bonds. The van der Waals surface area contributed by atoms with E-state index >= 15 is 0 Å². The van der Waals surface area contributed by atoms with Crippen LogP contribution in [-0.4, -0.2) is 38.5 Å². The zero-order valence-electron chi connectivity index (χ0n) is 11.2. The number of aryl methyl sites for hydroxylation is 2. The normalized spacial score (nSPS) is 19.0. The highest BCUT2D eigenvalue weighted by atomic mass is 79.9. The highest BCUT2D eigenvalue weighted by molar-refractivity contribution is 9.09. The fourth-order valence-corrected chi connectivity index (χ4v) is 3.07. The van der Waals surface area contributed by atoms with E-state index in [0.717, 1.165) is 37.2 Å². The van der Waals surface area contributed by atoms with Crippen molar-refractivity contribution < 1.29 is 4.79 Å². The van der Waals surface area contributed by atoms with Crippen LogP contribution in [-0.2, 0) is 7.05 Å². The first-order valence-corrected chi connectivity index (χ1v) is 7.34. The minimum Gasteiger partial charge on any atom is -0.339 e. The smallest absolute Gasteiger partial charge is 0.257 e. The molecule has 2 heterocycles. The molecule has 18 heavy (non-hydrogen) atoms. The van der Waals surface area contributed by atoms with E-state index in [1.54, 1.807) is 4.68 Å². The van der Waals surface area contributed by atoms with Gasteiger partial charge in [0.25, 0.3) is 5.91 Å². The minimum absolute atomic E-state index is 0.126. The van der Waals surface area contributed by atoms with E-state index in [-0.39, 0.29) is 5.91 Å². The first kappa shape index (κ1) is 13.6. The van der Waals surface area contributed by atoms with Crippen LogP contribution >= 0.6 is 15.9 Å². The summed E-state index contributed by atoms with van der Waals surface area (Å²) in [4.78, 5) is 14.9. The molecule has 1 saturated heterocycles. The Hall–Kier alpha value is -0.840. The third-order valence-electron chi connectivity index (χ3n) is 3.72. The van der Waals surface area contributed by atoms with E-state index in [1.165, 1.54) is 0 Å². The van der Waals surface area contributed by atoms with Crippen molar-refractivity contribution in [1.82, 2.24) is 14.7 Å². The molecule has 0 radical (unpaired) electrons. The predicted molar refractivity (Wildman–Crippen MR) is 75.0 cm³/mol. The summed E-state index contributed by atoms with van der Waals surface area (Å²) < 4.78 is 1.70. The molecule has 1 aromatic rings. The van der Waals surface area contributed by atoms with E-state index in [2.05, 4.69) is 28.0 Å². The van der Waals surface area contributed by atoms with Crippen LogP contribution in [0, 0.1) is 12.8 Å². The van der Waals surface area contributed by atoms with Gasteiger partial charge < -0.3 is 4.90 Å². The zero-order chi connectivity index (χ0) is 13.3. The summed E-state index contributed by atoms with van der Waals surface area (Å²) in [5, 5.41) is 4.23. The van der Waals surface area contributed by atoms with E-state index in [1.807, 2.05) is 25.1 Å². The van der Waals surface area contributed by atoms with Crippen LogP contribution in [0.3, 0.4) is 0 Å². The van der Waals surface area contributed by atoms with E-state index in [0.29, 0.717) is 10.7 Å². The van der Waals surface area contributed by atoms with Crippen molar-refractivity contribution in [2.75, 3.05) is 13.1 Å². The molecule has 1 atom stereocenters. The van der Waals surface area contributed by atoms with Gasteiger partial charge in [-0.2, -0.15) is 5.10 Å². The Labute approximate surface area is 116 Å². The van der Waals surface area contributed by atoms with Crippen molar-refractivity contribution in [3.05, 3.63) is 17.5 Å². The van der Waals surface area contributed by atoms with Crippen LogP contribution in [0.5, 0.6) is 0 Å². The number of nitrogens with zero attached hydrogens (tertiary/aromatic N) is 3. The number of hydrogen-bond acceptors (Lipinski definition) is 2. The highest BCUT2D eigenvalue weighted by Gasteiger charge is 2.27. The molecule has 1 aliphatic rings. The molecule has 0 spiro atoms. The van der Waals surface area contributed by atoms with Crippen molar-refractivity contribution in [2.24, 2.45) is 13.0 Å². The second kappa shape index (κ2) is 5.43. The number of halogens is 1. The van der Waals surface area contributed by atoms with Crippen molar-refractivity contribution in [1.29, 1.82) is 0 Å². The van der Waals surface area contributed by atoms with Gasteiger partial charge in [0.05, 0.1) is 11.3 Å². The standard InChI is InChI=1S/C13H20BrN3O/c1-9(14)11-4-6-17(7-5-11)13(18)12-8-16(3)15-10(12)2/h8-9,11H,4-7H2,1-3H3. The van der Waals surface area contributed by atoms with Gasteiger partial charge in [0, 0.05) is 31.2 Å². The number of aromatic nitrogens is 2. The summed E-state index contributed by atoms with van der Waals surface area (Å²) in [6.45, 7) is 5.79. The Kier molecular flexibility index (Phi) is 4.10. The molecule has 4 nitrogen and oxygen atoms in total. The fourth-order valence-electron chi connectivity index (χ4n) is 2.54. The zero-order valence-corrected chi connectivity index (χ0v) is 12.8. The molecular weight excluding hydrogens is 294 g/mol. The molecule has 100 valence electrons. The molecule has 1 aromatic heterocycles. The van der Waals surface area contributed by atoms with Gasteiger partial charge in [0.1, 0.15) is 0 Å². The Morgan fingerprint density at radius 3 is 2.56 bits per heavy atom. The molecule has 1 unspecified atom stereocenters. The molecular formula is C13H20BrN3O. The quantitative estimate of drug-likeness (QED) is 0.786. The number of alkyl halides is 1. The minimum atomic E-state index is 0.126. The van der Waals surface area contributed by atoms with Gasteiger partial charge in [-0.1, -0.05) is 22.9 Å². The van der Waals surface area contributed by atoms with Gasteiger partial charge in [-0.25, -0.2) is 0 Å². The SMILES string of the molecule is Cc1nn(C)cc1C(=O)N1CCC(C(C)Br)CC1. The largest absolute Gasteiger partial charge is 0.339 e. The van der Waals surface area contributed by atoms with Crippen LogP contribution in [0.25, 0.3) is 0 Å². The monoisotopic (exact) mass is 313 g/mol. The number of amides is 1. The van der Waals surface area contributed by atoms with Crippen LogP contribution < -0.4 is 0 Å². The van der Waals surface area contributed by atoms with Crippen molar-refractivity contribution in [3.8, 4) is 0 Å². The summed E-state index contributed by atoms with van der Waals surface area (Å²) in [6, 6.07) is 0. The lowest BCUT2D eigenvalue weighted by molar-refractivity contribution is 0.0690. The van der Waals surface area contributed by atoms with Gasteiger partial charge in [0.2, 0.25) is 0 Å². The molecule has 0 N–H and O–H groups in total. The van der Waals surface area contributed by atoms with Crippen molar-refractivity contribution in [3.63, 3.8) is 0 Å². The lowest BCUT2D eigenvalue weighted by Crippen LogP contribution is -2.40. The molecule has 5 heteroatoms. The van der Waals surface area contributed by atoms with Gasteiger partial charge in [0.15, 0.2) is 0 Å². The first-order valence-electron chi connectivity index (χ1n) is 6.42. The Morgan fingerprint density at radius 1 is 1.50 bits per heavy atom. The molecule has 0 aromatic carbocycles. The van der Waals surface area contributed by atoms with Crippen LogP contribution in [0.2, 0.25) is 0 Å². The first-order chi connectivity index (χ1) is 8.49. The molecule has 1 fully saturated rings. The lowest BCUT2D eigenvalue weighted by atomic mass is 9.94. The maximum atomic E-state index is 12.4. The molecule has 0 aliphatic carbocycles. The summed E-state index contributed by atoms with van der Waals surface area (Å²) in [7, 11) is 1.85. The topological polar surface area (TPSA) is 38.1 Å². The Morgan fingerprint density at radius 2 is 2.11 bits per heavy atom. The molecule has 2 rings (SSSR count). The number of carbonyl (C=O) groups excluding carboxylic acids is 1. The number of carbonyl (C=O) groups is 1. The summed E-state index contributed by atoms with van der Waals surface area (Å²) in [5.74, 6) is 0.810. The molecule has 0 bridgehead atoms. The number of piperidine rings is 1. The molecule has 1 aliphatic heterocycles. The fraction of sp³-hybridized carbons (Fsp3) is 0.692. The number of rotatable bonds is 2. The third kappa shape index (κ3) is 2.76.